The van der Waals surface area contributed by atoms with Crippen molar-refractivity contribution >= 4 is 21.6 Å². The average molecular weight is 309 g/mol. The van der Waals surface area contributed by atoms with Crippen LogP contribution in [-0.4, -0.2) is 12.1 Å². The van der Waals surface area contributed by atoms with Crippen LogP contribution in [0.5, 0.6) is 11.5 Å². The maximum atomic E-state index is 5.83. The van der Waals surface area contributed by atoms with Gasteiger partial charge in [-0.15, -0.1) is 0 Å². The molecule has 2 rings (SSSR count). The van der Waals surface area contributed by atoms with Crippen LogP contribution in [0.25, 0.3) is 0 Å². The standard InChI is InChI=1S/C13H13BrN2O2/c1-17-11-2-3-12(15)13(5-11)18-8-9-4-10(14)7-16-6-9/h2-7H,8,15H2,1H3. The number of methoxy groups -OCH3 is 1. The van der Waals surface area contributed by atoms with Gasteiger partial charge in [-0.1, -0.05) is 0 Å². The minimum absolute atomic E-state index is 0.407. The molecule has 1 heterocycles. The number of nitrogens with zero attached hydrogens (tertiary/aromatic N) is 1. The lowest BCUT2D eigenvalue weighted by atomic mass is 10.2. The van der Waals surface area contributed by atoms with Gasteiger partial charge in [0.25, 0.3) is 0 Å². The summed E-state index contributed by atoms with van der Waals surface area (Å²) >= 11 is 3.36. The predicted molar refractivity (Wildman–Crippen MR) is 73.7 cm³/mol. The maximum absolute atomic E-state index is 5.83. The van der Waals surface area contributed by atoms with Crippen molar-refractivity contribution in [3.8, 4) is 11.5 Å². The van der Waals surface area contributed by atoms with Crippen molar-refractivity contribution in [3.63, 3.8) is 0 Å². The first-order valence-corrected chi connectivity index (χ1v) is 6.14. The lowest BCUT2D eigenvalue weighted by molar-refractivity contribution is 0.305. The van der Waals surface area contributed by atoms with Crippen molar-refractivity contribution in [2.24, 2.45) is 0 Å². The van der Waals surface area contributed by atoms with Crippen LogP contribution in [0.1, 0.15) is 5.56 Å². The minimum Gasteiger partial charge on any atom is -0.497 e. The van der Waals surface area contributed by atoms with Crippen molar-refractivity contribution in [3.05, 3.63) is 46.7 Å². The van der Waals surface area contributed by atoms with Gasteiger partial charge in [0.1, 0.15) is 18.1 Å². The number of nitrogen functional groups attached to an aromatic ring is 1. The maximum Gasteiger partial charge on any atom is 0.146 e. The van der Waals surface area contributed by atoms with E-state index in [9.17, 15) is 0 Å². The summed E-state index contributed by atoms with van der Waals surface area (Å²) in [5.74, 6) is 1.32. The number of rotatable bonds is 4. The monoisotopic (exact) mass is 308 g/mol. The highest BCUT2D eigenvalue weighted by molar-refractivity contribution is 9.10. The molecule has 0 fully saturated rings. The summed E-state index contributed by atoms with van der Waals surface area (Å²) < 4.78 is 11.7. The molecule has 0 spiro atoms. The van der Waals surface area contributed by atoms with Gasteiger partial charge in [-0.3, -0.25) is 4.98 Å². The molecule has 0 aliphatic rings. The van der Waals surface area contributed by atoms with Crippen LogP contribution in [0.15, 0.2) is 41.1 Å². The summed E-state index contributed by atoms with van der Waals surface area (Å²) in [7, 11) is 1.60. The van der Waals surface area contributed by atoms with Crippen molar-refractivity contribution in [1.82, 2.24) is 4.98 Å². The van der Waals surface area contributed by atoms with Gasteiger partial charge in [0.2, 0.25) is 0 Å². The molecule has 2 N–H and O–H groups in total. The van der Waals surface area contributed by atoms with E-state index >= 15 is 0 Å². The fourth-order valence-electron chi connectivity index (χ4n) is 1.46. The van der Waals surface area contributed by atoms with E-state index in [0.29, 0.717) is 23.8 Å². The van der Waals surface area contributed by atoms with Gasteiger partial charge in [-0.25, -0.2) is 0 Å². The molecule has 5 heteroatoms. The van der Waals surface area contributed by atoms with Crippen LogP contribution >= 0.6 is 15.9 Å². The Kier molecular flexibility index (Phi) is 4.04. The number of hydrogen-bond donors (Lipinski definition) is 1. The second kappa shape index (κ2) is 5.73. The Morgan fingerprint density at radius 1 is 1.28 bits per heavy atom. The topological polar surface area (TPSA) is 57.4 Å². The van der Waals surface area contributed by atoms with E-state index in [1.165, 1.54) is 0 Å². The molecule has 1 aromatic carbocycles. The third-order valence-corrected chi connectivity index (χ3v) is 2.81. The molecule has 0 radical (unpaired) electrons. The zero-order chi connectivity index (χ0) is 13.0. The molecule has 0 aliphatic heterocycles. The SMILES string of the molecule is COc1ccc(N)c(OCc2cncc(Br)c2)c1. The minimum atomic E-state index is 0.407. The van der Waals surface area contributed by atoms with Gasteiger partial charge in [0.15, 0.2) is 0 Å². The first kappa shape index (κ1) is 12.7. The molecule has 0 amide bonds. The highest BCUT2D eigenvalue weighted by Crippen LogP contribution is 2.27. The third-order valence-electron chi connectivity index (χ3n) is 2.38. The Morgan fingerprint density at radius 3 is 2.83 bits per heavy atom. The third kappa shape index (κ3) is 3.13. The van der Waals surface area contributed by atoms with Crippen LogP contribution in [0, 0.1) is 0 Å². The highest BCUT2D eigenvalue weighted by Gasteiger charge is 2.03. The van der Waals surface area contributed by atoms with Gasteiger partial charge >= 0.3 is 0 Å². The molecule has 4 nitrogen and oxygen atoms in total. The average Bonchev–Trinajstić information content (AvgIpc) is 2.38. The van der Waals surface area contributed by atoms with E-state index < -0.39 is 0 Å². The molecule has 0 bridgehead atoms. The fourth-order valence-corrected chi connectivity index (χ4v) is 1.87. The first-order valence-electron chi connectivity index (χ1n) is 5.35. The number of halogens is 1. The summed E-state index contributed by atoms with van der Waals surface area (Å²) in [6, 6.07) is 7.26. The molecular formula is C13H13BrN2O2. The molecule has 0 saturated heterocycles. The Labute approximate surface area is 114 Å². The van der Waals surface area contributed by atoms with Crippen molar-refractivity contribution in [2.75, 3.05) is 12.8 Å². The first-order chi connectivity index (χ1) is 8.69. The fraction of sp³-hybridized carbons (Fsp3) is 0.154. The Morgan fingerprint density at radius 2 is 2.11 bits per heavy atom. The Balaban J connectivity index is 2.10. The zero-order valence-corrected chi connectivity index (χ0v) is 11.5. The molecule has 0 saturated carbocycles. The Bertz CT molecular complexity index is 546. The lowest BCUT2D eigenvalue weighted by Gasteiger charge is -2.10. The molecular weight excluding hydrogens is 296 g/mol. The van der Waals surface area contributed by atoms with Crippen molar-refractivity contribution in [1.29, 1.82) is 0 Å². The number of nitrogens with two attached hydrogens (primary N) is 1. The van der Waals surface area contributed by atoms with Crippen LogP contribution in [-0.2, 0) is 6.61 Å². The van der Waals surface area contributed by atoms with E-state index in [1.54, 1.807) is 37.7 Å². The number of pyridine rings is 1. The smallest absolute Gasteiger partial charge is 0.146 e. The van der Waals surface area contributed by atoms with Gasteiger partial charge < -0.3 is 15.2 Å². The van der Waals surface area contributed by atoms with Crippen molar-refractivity contribution in [2.45, 2.75) is 6.61 Å². The lowest BCUT2D eigenvalue weighted by Crippen LogP contribution is -1.99. The zero-order valence-electron chi connectivity index (χ0n) is 9.89. The van der Waals surface area contributed by atoms with E-state index in [1.807, 2.05) is 6.07 Å². The van der Waals surface area contributed by atoms with E-state index in [4.69, 9.17) is 15.2 Å². The summed E-state index contributed by atoms with van der Waals surface area (Å²) in [5, 5.41) is 0. The number of benzene rings is 1. The molecule has 94 valence electrons. The summed E-state index contributed by atoms with van der Waals surface area (Å²) in [6.45, 7) is 0.407. The molecule has 2 aromatic rings. The van der Waals surface area contributed by atoms with Gasteiger partial charge in [-0.05, 0) is 34.1 Å². The predicted octanol–water partition coefficient (Wildman–Crippen LogP) is 3.01. The largest absolute Gasteiger partial charge is 0.497 e. The highest BCUT2D eigenvalue weighted by atomic mass is 79.9. The van der Waals surface area contributed by atoms with E-state index in [-0.39, 0.29) is 0 Å². The molecule has 1 aromatic heterocycles. The second-order valence-electron chi connectivity index (χ2n) is 3.70. The van der Waals surface area contributed by atoms with Crippen LogP contribution < -0.4 is 15.2 Å². The van der Waals surface area contributed by atoms with Crippen molar-refractivity contribution < 1.29 is 9.47 Å². The number of hydrogen-bond acceptors (Lipinski definition) is 4. The molecule has 0 atom stereocenters. The summed E-state index contributed by atoms with van der Waals surface area (Å²) in [4.78, 5) is 4.07. The quantitative estimate of drug-likeness (QED) is 0.882. The van der Waals surface area contributed by atoms with Gasteiger partial charge in [0.05, 0.1) is 12.8 Å². The van der Waals surface area contributed by atoms with Crippen LogP contribution in [0.2, 0.25) is 0 Å². The number of anilines is 1. The molecule has 0 unspecified atom stereocenters. The number of ether oxygens (including phenoxy) is 2. The Hall–Kier alpha value is -1.75. The second-order valence-corrected chi connectivity index (χ2v) is 4.62. The molecule has 18 heavy (non-hydrogen) atoms. The van der Waals surface area contributed by atoms with Gasteiger partial charge in [0, 0.05) is 28.5 Å². The number of aromatic nitrogens is 1. The summed E-state index contributed by atoms with van der Waals surface area (Å²) in [6.07, 6.45) is 3.48. The van der Waals surface area contributed by atoms with E-state index in [2.05, 4.69) is 20.9 Å². The van der Waals surface area contributed by atoms with Crippen LogP contribution in [0.3, 0.4) is 0 Å². The van der Waals surface area contributed by atoms with Crippen LogP contribution in [0.4, 0.5) is 5.69 Å². The normalized spacial score (nSPS) is 10.1. The van der Waals surface area contributed by atoms with Gasteiger partial charge in [-0.2, -0.15) is 0 Å². The molecule has 0 aliphatic carbocycles. The van der Waals surface area contributed by atoms with E-state index in [0.717, 1.165) is 10.0 Å². The summed E-state index contributed by atoms with van der Waals surface area (Å²) in [5.41, 5.74) is 7.38.